The summed E-state index contributed by atoms with van der Waals surface area (Å²) in [4.78, 5) is 25.4. The fourth-order valence-corrected chi connectivity index (χ4v) is 2.34. The molecule has 4 heteroatoms. The van der Waals surface area contributed by atoms with Crippen molar-refractivity contribution in [1.82, 2.24) is 4.90 Å². The molecule has 0 bridgehead atoms. The summed E-state index contributed by atoms with van der Waals surface area (Å²) in [6.45, 7) is 6.24. The molecular weight excluding hydrogens is 254 g/mol. The van der Waals surface area contributed by atoms with Crippen molar-refractivity contribution in [3.63, 3.8) is 0 Å². The summed E-state index contributed by atoms with van der Waals surface area (Å²) in [7, 11) is 0. The van der Waals surface area contributed by atoms with Crippen LogP contribution in [-0.4, -0.2) is 29.5 Å². The number of amides is 2. The molecule has 1 aliphatic rings. The zero-order chi connectivity index (χ0) is 14.8. The van der Waals surface area contributed by atoms with Crippen LogP contribution in [0.5, 0.6) is 0 Å². The molecule has 1 aromatic rings. The summed E-state index contributed by atoms with van der Waals surface area (Å²) in [5, 5.41) is 0. The molecule has 1 aromatic carbocycles. The van der Waals surface area contributed by atoms with E-state index >= 15 is 0 Å². The van der Waals surface area contributed by atoms with Crippen molar-refractivity contribution in [3.05, 3.63) is 35.9 Å². The van der Waals surface area contributed by atoms with Gasteiger partial charge in [0.2, 0.25) is 5.91 Å². The van der Waals surface area contributed by atoms with Crippen molar-refractivity contribution >= 4 is 12.0 Å². The number of cyclic esters (lactones) is 1. The minimum atomic E-state index is -0.514. The van der Waals surface area contributed by atoms with E-state index in [9.17, 15) is 9.59 Å². The highest BCUT2D eigenvalue weighted by Crippen LogP contribution is 2.24. The van der Waals surface area contributed by atoms with E-state index in [4.69, 9.17) is 4.74 Å². The number of hydrogen-bond donors (Lipinski definition) is 0. The van der Waals surface area contributed by atoms with Crippen LogP contribution in [0.3, 0.4) is 0 Å². The number of nitrogens with zero attached hydrogens (tertiary/aromatic N) is 1. The monoisotopic (exact) mass is 275 g/mol. The third kappa shape index (κ3) is 3.59. The second-order valence-corrected chi connectivity index (χ2v) is 6.42. The predicted molar refractivity (Wildman–Crippen MR) is 76.2 cm³/mol. The highest BCUT2D eigenvalue weighted by Gasteiger charge is 2.38. The fourth-order valence-electron chi connectivity index (χ4n) is 2.34. The lowest BCUT2D eigenvalue weighted by Crippen LogP contribution is -2.41. The number of ether oxygens (including phenoxy) is 1. The van der Waals surface area contributed by atoms with Crippen LogP contribution in [0.25, 0.3) is 0 Å². The first-order valence-corrected chi connectivity index (χ1v) is 6.89. The van der Waals surface area contributed by atoms with Crippen molar-refractivity contribution in [3.8, 4) is 0 Å². The summed E-state index contributed by atoms with van der Waals surface area (Å²) in [5.74, 6) is -0.152. The third-order valence-corrected chi connectivity index (χ3v) is 3.23. The van der Waals surface area contributed by atoms with Crippen LogP contribution in [0.4, 0.5) is 4.79 Å². The fraction of sp³-hybridized carbons (Fsp3) is 0.500. The van der Waals surface area contributed by atoms with Gasteiger partial charge in [0.1, 0.15) is 6.61 Å². The number of carbonyl (C=O) groups excluding carboxylic acids is 2. The molecule has 108 valence electrons. The lowest BCUT2D eigenvalue weighted by Gasteiger charge is -2.24. The number of rotatable bonds is 3. The largest absolute Gasteiger partial charge is 0.447 e. The lowest BCUT2D eigenvalue weighted by molar-refractivity contribution is -0.131. The van der Waals surface area contributed by atoms with E-state index in [0.717, 1.165) is 5.56 Å². The van der Waals surface area contributed by atoms with E-state index < -0.39 is 6.09 Å². The number of carbonyl (C=O) groups is 2. The summed E-state index contributed by atoms with van der Waals surface area (Å²) >= 11 is 0. The van der Waals surface area contributed by atoms with Crippen molar-refractivity contribution in [2.45, 2.75) is 39.7 Å². The van der Waals surface area contributed by atoms with E-state index in [-0.39, 0.29) is 24.0 Å². The zero-order valence-electron chi connectivity index (χ0n) is 12.3. The van der Waals surface area contributed by atoms with Gasteiger partial charge in [0.25, 0.3) is 0 Å². The average Bonchev–Trinajstić information content (AvgIpc) is 2.69. The summed E-state index contributed by atoms with van der Waals surface area (Å²) in [6.07, 6.45) is 0.468. The van der Waals surface area contributed by atoms with Crippen LogP contribution in [0.1, 0.15) is 32.8 Å². The smallest absolute Gasteiger partial charge is 0.416 e. The van der Waals surface area contributed by atoms with Crippen LogP contribution in [0, 0.1) is 5.41 Å². The van der Waals surface area contributed by atoms with E-state index in [1.807, 2.05) is 51.1 Å². The Morgan fingerprint density at radius 3 is 2.55 bits per heavy atom. The first-order valence-electron chi connectivity index (χ1n) is 6.89. The van der Waals surface area contributed by atoms with Crippen molar-refractivity contribution < 1.29 is 14.3 Å². The van der Waals surface area contributed by atoms with E-state index in [1.165, 1.54) is 4.90 Å². The molecule has 0 aromatic heterocycles. The van der Waals surface area contributed by atoms with Crippen molar-refractivity contribution in [2.75, 3.05) is 6.61 Å². The highest BCUT2D eigenvalue weighted by molar-refractivity contribution is 5.93. The minimum absolute atomic E-state index is 0.142. The van der Waals surface area contributed by atoms with Gasteiger partial charge in [-0.1, -0.05) is 51.1 Å². The molecule has 0 saturated carbocycles. The van der Waals surface area contributed by atoms with Gasteiger partial charge in [-0.15, -0.1) is 0 Å². The highest BCUT2D eigenvalue weighted by atomic mass is 16.6. The van der Waals surface area contributed by atoms with E-state index in [2.05, 4.69) is 0 Å². The van der Waals surface area contributed by atoms with Gasteiger partial charge in [-0.05, 0) is 17.4 Å². The molecular formula is C16H21NO3. The van der Waals surface area contributed by atoms with Gasteiger partial charge in [-0.2, -0.15) is 0 Å². The van der Waals surface area contributed by atoms with Gasteiger partial charge in [-0.3, -0.25) is 4.79 Å². The van der Waals surface area contributed by atoms with Crippen LogP contribution in [0.2, 0.25) is 0 Å². The van der Waals surface area contributed by atoms with E-state index in [0.29, 0.717) is 12.8 Å². The summed E-state index contributed by atoms with van der Waals surface area (Å²) in [6, 6.07) is 9.65. The number of benzene rings is 1. The number of hydrogen-bond acceptors (Lipinski definition) is 3. The van der Waals surface area contributed by atoms with Crippen LogP contribution in [-0.2, 0) is 16.0 Å². The van der Waals surface area contributed by atoms with Crippen LogP contribution < -0.4 is 0 Å². The maximum atomic E-state index is 12.3. The van der Waals surface area contributed by atoms with Gasteiger partial charge in [0, 0.05) is 6.42 Å². The average molecular weight is 275 g/mol. The molecule has 2 rings (SSSR count). The first-order chi connectivity index (χ1) is 9.37. The van der Waals surface area contributed by atoms with Gasteiger partial charge in [0.15, 0.2) is 0 Å². The van der Waals surface area contributed by atoms with Gasteiger partial charge in [-0.25, -0.2) is 9.69 Å². The molecule has 0 radical (unpaired) electrons. The normalized spacial score (nSPS) is 19.1. The Kier molecular flexibility index (Phi) is 4.12. The maximum Gasteiger partial charge on any atom is 0.416 e. The zero-order valence-corrected chi connectivity index (χ0v) is 12.3. The second kappa shape index (κ2) is 5.65. The summed E-state index contributed by atoms with van der Waals surface area (Å²) < 4.78 is 5.05. The molecule has 1 atom stereocenters. The lowest BCUT2D eigenvalue weighted by atomic mass is 9.91. The Hall–Kier alpha value is -1.84. The Morgan fingerprint density at radius 1 is 1.30 bits per heavy atom. The molecule has 20 heavy (non-hydrogen) atoms. The van der Waals surface area contributed by atoms with Gasteiger partial charge < -0.3 is 4.74 Å². The topological polar surface area (TPSA) is 46.6 Å². The Labute approximate surface area is 119 Å². The van der Waals surface area contributed by atoms with Crippen molar-refractivity contribution in [2.24, 2.45) is 5.41 Å². The maximum absolute atomic E-state index is 12.3. The molecule has 0 N–H and O–H groups in total. The van der Waals surface area contributed by atoms with E-state index in [1.54, 1.807) is 0 Å². The van der Waals surface area contributed by atoms with Gasteiger partial charge >= 0.3 is 6.09 Å². The minimum Gasteiger partial charge on any atom is -0.447 e. The summed E-state index contributed by atoms with van der Waals surface area (Å²) in [5.41, 5.74) is 0.960. The Bertz CT molecular complexity index is 490. The molecule has 0 unspecified atom stereocenters. The SMILES string of the molecule is CC(C)(C)CC(=O)N1C(=O)OC[C@H]1Cc1ccccc1. The first kappa shape index (κ1) is 14.6. The van der Waals surface area contributed by atoms with Crippen molar-refractivity contribution in [1.29, 1.82) is 0 Å². The molecule has 2 amide bonds. The Morgan fingerprint density at radius 2 is 1.95 bits per heavy atom. The Balaban J connectivity index is 2.09. The molecule has 1 fully saturated rings. The van der Waals surface area contributed by atoms with Crippen LogP contribution >= 0.6 is 0 Å². The van der Waals surface area contributed by atoms with Crippen LogP contribution in [0.15, 0.2) is 30.3 Å². The molecule has 0 spiro atoms. The quantitative estimate of drug-likeness (QED) is 0.852. The predicted octanol–water partition coefficient (Wildman–Crippen LogP) is 3.01. The molecule has 4 nitrogen and oxygen atoms in total. The molecule has 1 saturated heterocycles. The standard InChI is InChI=1S/C16H21NO3/c1-16(2,3)10-14(18)17-13(11-20-15(17)19)9-12-7-5-4-6-8-12/h4-8,13H,9-11H2,1-3H3/t13-/m1/s1. The van der Waals surface area contributed by atoms with Gasteiger partial charge in [0.05, 0.1) is 6.04 Å². The second-order valence-electron chi connectivity index (χ2n) is 6.42. The molecule has 1 heterocycles. The molecule has 1 aliphatic heterocycles. The molecule has 0 aliphatic carbocycles. The number of imide groups is 1. The third-order valence-electron chi connectivity index (χ3n) is 3.23.